The monoisotopic (exact) mass is 888 g/mol. The lowest BCUT2D eigenvalue weighted by Gasteiger charge is -2.19. The highest BCUT2D eigenvalue weighted by atomic mass is 32.2. The van der Waals surface area contributed by atoms with Gasteiger partial charge in [-0.05, 0) is 110 Å². The maximum Gasteiger partial charge on any atom is 0.0502 e. The van der Waals surface area contributed by atoms with Crippen LogP contribution < -0.4 is 0 Å². The zero-order chi connectivity index (χ0) is 39.9. The number of unbranched alkanes of at least 4 members (excludes halogenated alkanes) is 12. The minimum absolute atomic E-state index is 0.412. The third kappa shape index (κ3) is 47.4. The van der Waals surface area contributed by atoms with Crippen LogP contribution in [0.5, 0.6) is 0 Å². The van der Waals surface area contributed by atoms with Gasteiger partial charge in [-0.3, -0.25) is 0 Å². The summed E-state index contributed by atoms with van der Waals surface area (Å²) in [6, 6.07) is 0. The van der Waals surface area contributed by atoms with Gasteiger partial charge in [0.2, 0.25) is 0 Å². The van der Waals surface area contributed by atoms with Gasteiger partial charge in [0, 0.05) is 19.0 Å². The van der Waals surface area contributed by atoms with Crippen molar-refractivity contribution in [1.82, 2.24) is 0 Å². The molecule has 53 heavy (non-hydrogen) atoms. The van der Waals surface area contributed by atoms with Gasteiger partial charge in [0.15, 0.2) is 0 Å². The molecule has 0 aromatic heterocycles. The van der Waals surface area contributed by atoms with Crippen LogP contribution in [0, 0.1) is 0 Å². The third-order valence-electron chi connectivity index (χ3n) is 8.39. The zero-order valence-corrected chi connectivity index (χ0v) is 44.0. The van der Waals surface area contributed by atoms with Crippen molar-refractivity contribution in [2.75, 3.05) is 46.0 Å². The summed E-state index contributed by atoms with van der Waals surface area (Å²) in [7, 11) is 0. The molecule has 0 aliphatic heterocycles. The smallest absolute Gasteiger partial charge is 0.0502 e. The highest BCUT2D eigenvalue weighted by Gasteiger charge is 2.15. The molecule has 0 aromatic rings. The van der Waals surface area contributed by atoms with Gasteiger partial charge in [-0.2, -0.15) is 47.0 Å². The van der Waals surface area contributed by atoms with E-state index in [9.17, 15) is 0 Å². The Bertz CT molecular complexity index is 713. The van der Waals surface area contributed by atoms with Crippen LogP contribution in [0.1, 0.15) is 205 Å². The van der Waals surface area contributed by atoms with E-state index in [1.807, 2.05) is 0 Å². The summed E-state index contributed by atoms with van der Waals surface area (Å²) in [6.45, 7) is 28.2. The highest BCUT2D eigenvalue weighted by Crippen LogP contribution is 2.34. The molecule has 0 aromatic carbocycles. The van der Waals surface area contributed by atoms with Crippen molar-refractivity contribution in [1.29, 1.82) is 0 Å². The molecule has 0 aliphatic carbocycles. The molecule has 0 heterocycles. The van der Waals surface area contributed by atoms with Gasteiger partial charge in [0.1, 0.15) is 0 Å². The second-order valence-corrected chi connectivity index (χ2v) is 32.3. The lowest BCUT2D eigenvalue weighted by Crippen LogP contribution is -2.08. The number of hydrogen-bond acceptors (Lipinski definition) is 8. The molecule has 0 rings (SSSR count). The van der Waals surface area contributed by atoms with Crippen molar-refractivity contribution in [3.63, 3.8) is 0 Å². The topological polar surface area (TPSA) is 0 Å². The Labute approximate surface area is 370 Å². The van der Waals surface area contributed by atoms with Crippen molar-refractivity contribution in [3.05, 3.63) is 0 Å². The van der Waals surface area contributed by atoms with Crippen molar-refractivity contribution >= 4 is 94.1 Å². The SMILES string of the molecule is CC(C)(C)SCCCCCCSC(CCCCCC(SCCCCCCSC(C)(C)C)SCCCCCSC(C)(C)C)SCCCCCSC(C)(C)C. The number of thioether (sulfide) groups is 8. The fourth-order valence-corrected chi connectivity index (χ4v) is 15.1. The Hall–Kier alpha value is 2.80. The highest BCUT2D eigenvalue weighted by molar-refractivity contribution is 8.17. The normalized spacial score (nSPS) is 14.3. The van der Waals surface area contributed by atoms with Gasteiger partial charge >= 0.3 is 0 Å². The third-order valence-corrected chi connectivity index (χ3v) is 20.0. The molecule has 0 saturated carbocycles. The Morgan fingerprint density at radius 1 is 0.245 bits per heavy atom. The van der Waals surface area contributed by atoms with Crippen molar-refractivity contribution in [3.8, 4) is 0 Å². The van der Waals surface area contributed by atoms with Crippen LogP contribution in [0.2, 0.25) is 0 Å². The van der Waals surface area contributed by atoms with Crippen LogP contribution in [-0.2, 0) is 0 Å². The molecule has 8 heteroatoms. The van der Waals surface area contributed by atoms with Crippen LogP contribution in [-0.4, -0.2) is 74.2 Å². The fraction of sp³-hybridized carbons (Fsp3) is 1.00. The molecule has 0 aliphatic rings. The lowest BCUT2D eigenvalue weighted by molar-refractivity contribution is 0.647. The molecule has 0 spiro atoms. The summed E-state index contributed by atoms with van der Waals surface area (Å²) in [5.74, 6) is 10.8. The van der Waals surface area contributed by atoms with E-state index >= 15 is 0 Å². The van der Waals surface area contributed by atoms with Crippen LogP contribution in [0.3, 0.4) is 0 Å². The molecule has 2 unspecified atom stereocenters. The number of hydrogen-bond donors (Lipinski definition) is 0. The number of rotatable bonds is 36. The zero-order valence-electron chi connectivity index (χ0n) is 37.5. The largest absolute Gasteiger partial charge is 0.156 e. The minimum Gasteiger partial charge on any atom is -0.156 e. The van der Waals surface area contributed by atoms with E-state index in [0.717, 1.165) is 9.16 Å². The van der Waals surface area contributed by atoms with Crippen LogP contribution >= 0.6 is 94.1 Å². The van der Waals surface area contributed by atoms with Crippen LogP contribution in [0.25, 0.3) is 0 Å². The van der Waals surface area contributed by atoms with E-state index in [2.05, 4.69) is 177 Å². The fourth-order valence-electron chi connectivity index (χ4n) is 5.48. The molecule has 2 atom stereocenters. The molecular formula is C45H92S8. The average molecular weight is 890 g/mol. The molecule has 0 bridgehead atoms. The Morgan fingerprint density at radius 3 is 0.660 bits per heavy atom. The molecule has 0 fully saturated rings. The van der Waals surface area contributed by atoms with E-state index < -0.39 is 0 Å². The first-order valence-corrected chi connectivity index (χ1v) is 30.0. The summed E-state index contributed by atoms with van der Waals surface area (Å²) < 4.78 is 3.28. The van der Waals surface area contributed by atoms with Gasteiger partial charge < -0.3 is 0 Å². The molecule has 0 radical (unpaired) electrons. The van der Waals surface area contributed by atoms with E-state index in [4.69, 9.17) is 0 Å². The van der Waals surface area contributed by atoms with E-state index in [-0.39, 0.29) is 0 Å². The first-order chi connectivity index (χ1) is 24.9. The first-order valence-electron chi connectivity index (χ1n) is 21.9. The molecule has 320 valence electrons. The molecule has 0 amide bonds. The quantitative estimate of drug-likeness (QED) is 0.0445. The molecule has 0 saturated heterocycles. The Morgan fingerprint density at radius 2 is 0.434 bits per heavy atom. The van der Waals surface area contributed by atoms with E-state index in [1.165, 1.54) is 168 Å². The average Bonchev–Trinajstić information content (AvgIpc) is 3.03. The van der Waals surface area contributed by atoms with Gasteiger partial charge in [0.05, 0.1) is 9.16 Å². The van der Waals surface area contributed by atoms with Crippen molar-refractivity contribution in [2.45, 2.75) is 233 Å². The second kappa shape index (κ2) is 34.5. The van der Waals surface area contributed by atoms with E-state index in [0.29, 0.717) is 19.0 Å². The standard InChI is InChI=1S/C45H92S8/c1-42(2,3)50-36-26-15-13-22-32-46-40(48-34-24-18-28-38-52-44(7,8)9)30-20-17-21-31-41(49-35-25-19-29-39-53-45(10,11)12)47-33-23-14-16-27-37-51-43(4,5)6/h40-41H,13-39H2,1-12H3. The minimum atomic E-state index is 0.412. The predicted octanol–water partition coefficient (Wildman–Crippen LogP) is 18.1. The predicted molar refractivity (Wildman–Crippen MR) is 274 cm³/mol. The van der Waals surface area contributed by atoms with Crippen molar-refractivity contribution in [2.24, 2.45) is 0 Å². The van der Waals surface area contributed by atoms with Crippen molar-refractivity contribution < 1.29 is 0 Å². The van der Waals surface area contributed by atoms with E-state index in [1.54, 1.807) is 0 Å². The summed E-state index contributed by atoms with van der Waals surface area (Å²) in [5, 5.41) is 0. The van der Waals surface area contributed by atoms with Gasteiger partial charge in [-0.15, -0.1) is 47.0 Å². The summed E-state index contributed by atoms with van der Waals surface area (Å²) in [4.78, 5) is 0. The van der Waals surface area contributed by atoms with Gasteiger partial charge in [-0.1, -0.05) is 141 Å². The maximum atomic E-state index is 2.35. The Balaban J connectivity index is 4.64. The maximum absolute atomic E-state index is 2.35. The summed E-state index contributed by atoms with van der Waals surface area (Å²) in [5.41, 5.74) is 0. The van der Waals surface area contributed by atoms with Crippen LogP contribution in [0.4, 0.5) is 0 Å². The molecule has 0 N–H and O–H groups in total. The van der Waals surface area contributed by atoms with Gasteiger partial charge in [-0.25, -0.2) is 0 Å². The summed E-state index contributed by atoms with van der Waals surface area (Å²) in [6.07, 6.45) is 26.8. The Kier molecular flexibility index (Phi) is 36.3. The second-order valence-electron chi connectivity index (χ2n) is 18.8. The molecule has 0 nitrogen and oxygen atoms in total. The first kappa shape index (κ1) is 55.8. The van der Waals surface area contributed by atoms with Gasteiger partial charge in [0.25, 0.3) is 0 Å². The lowest BCUT2D eigenvalue weighted by atomic mass is 10.2. The molecular weight excluding hydrogens is 797 g/mol. The summed E-state index contributed by atoms with van der Waals surface area (Å²) >= 11 is 17.8. The van der Waals surface area contributed by atoms with Crippen LogP contribution in [0.15, 0.2) is 0 Å².